The Morgan fingerprint density at radius 1 is 1.21 bits per heavy atom. The van der Waals surface area contributed by atoms with E-state index < -0.39 is 13.0 Å². The molecular weight excluding hydrogens is 438 g/mol. The van der Waals surface area contributed by atoms with Crippen LogP contribution in [-0.4, -0.2) is 31.0 Å². The number of pyridine rings is 1. The molecule has 0 unspecified atom stereocenters. The smallest absolute Gasteiger partial charge is 0.257 e. The lowest BCUT2D eigenvalue weighted by molar-refractivity contribution is 0.122. The highest BCUT2D eigenvalue weighted by Gasteiger charge is 2.26. The van der Waals surface area contributed by atoms with Crippen LogP contribution in [0.25, 0.3) is 22.5 Å². The second kappa shape index (κ2) is 8.23. The number of aromatic nitrogens is 5. The van der Waals surface area contributed by atoms with E-state index in [9.17, 15) is 8.78 Å². The zero-order valence-electron chi connectivity index (χ0n) is 19.5. The number of alkyl halides is 2. The molecule has 1 aliphatic rings. The minimum Gasteiger partial charge on any atom is -0.482 e. The second-order valence-corrected chi connectivity index (χ2v) is 8.80. The van der Waals surface area contributed by atoms with Crippen molar-refractivity contribution in [3.8, 4) is 28.3 Å². The minimum atomic E-state index is -2.55. The maximum atomic E-state index is 13.4. The van der Waals surface area contributed by atoms with Crippen LogP contribution in [0.4, 0.5) is 14.6 Å². The van der Waals surface area contributed by atoms with Gasteiger partial charge in [0.05, 0.1) is 17.1 Å². The molecule has 1 atom stereocenters. The van der Waals surface area contributed by atoms with Gasteiger partial charge in [-0.25, -0.2) is 13.8 Å². The number of benzene rings is 1. The summed E-state index contributed by atoms with van der Waals surface area (Å²) in [6.07, 6.45) is 1.14. The molecule has 0 saturated heterocycles. The zero-order valence-corrected chi connectivity index (χ0v) is 19.5. The van der Waals surface area contributed by atoms with Gasteiger partial charge in [0.1, 0.15) is 12.6 Å². The molecule has 2 bridgehead atoms. The van der Waals surface area contributed by atoms with E-state index in [0.717, 1.165) is 33.5 Å². The number of halogens is 2. The molecule has 5 rings (SSSR count). The van der Waals surface area contributed by atoms with Crippen molar-refractivity contribution >= 4 is 5.82 Å². The summed E-state index contributed by atoms with van der Waals surface area (Å²) in [5, 5.41) is 9.23. The van der Waals surface area contributed by atoms with Crippen LogP contribution in [0, 0.1) is 13.8 Å². The Labute approximate surface area is 196 Å². The third-order valence-electron chi connectivity index (χ3n) is 6.19. The van der Waals surface area contributed by atoms with E-state index in [0.29, 0.717) is 29.1 Å². The molecule has 0 amide bonds. The van der Waals surface area contributed by atoms with E-state index >= 15 is 0 Å². The molecule has 0 radical (unpaired) electrons. The van der Waals surface area contributed by atoms with Gasteiger partial charge in [-0.05, 0) is 26.8 Å². The van der Waals surface area contributed by atoms with Crippen molar-refractivity contribution in [2.24, 2.45) is 7.05 Å². The molecular formula is C25H26F2N6O. The monoisotopic (exact) mass is 464 g/mol. The highest BCUT2D eigenvalue weighted by Crippen LogP contribution is 2.39. The number of aryl methyl sites for hydroxylation is 3. The van der Waals surface area contributed by atoms with Crippen LogP contribution in [-0.2, 0) is 20.0 Å². The molecule has 0 spiro atoms. The Bertz CT molecular complexity index is 1390. The fourth-order valence-corrected chi connectivity index (χ4v) is 4.67. The normalized spacial score (nSPS) is 15.1. The second-order valence-electron chi connectivity index (χ2n) is 8.80. The van der Waals surface area contributed by atoms with E-state index in [4.69, 9.17) is 15.6 Å². The highest BCUT2D eigenvalue weighted by molar-refractivity contribution is 5.72. The first-order valence-corrected chi connectivity index (χ1v) is 11.1. The number of nitrogen functional groups attached to an aromatic ring is 1. The van der Waals surface area contributed by atoms with E-state index in [-0.39, 0.29) is 11.9 Å². The Hall–Kier alpha value is -3.75. The fourth-order valence-electron chi connectivity index (χ4n) is 4.67. The number of anilines is 1. The number of fused-ring (bicyclic) bond motifs is 7. The summed E-state index contributed by atoms with van der Waals surface area (Å²) in [7, 11) is 1.88. The molecule has 34 heavy (non-hydrogen) atoms. The van der Waals surface area contributed by atoms with Crippen molar-refractivity contribution in [3.05, 3.63) is 64.6 Å². The molecule has 0 aliphatic carbocycles. The summed E-state index contributed by atoms with van der Waals surface area (Å²) in [4.78, 5) is 4.32. The lowest BCUT2D eigenvalue weighted by Gasteiger charge is -2.21. The van der Waals surface area contributed by atoms with Gasteiger partial charge in [-0.15, -0.1) is 0 Å². The highest BCUT2D eigenvalue weighted by atomic mass is 19.3. The Kier molecular flexibility index (Phi) is 5.34. The average Bonchev–Trinajstić information content (AvgIpc) is 3.27. The van der Waals surface area contributed by atoms with Crippen LogP contribution in [0.2, 0.25) is 0 Å². The summed E-state index contributed by atoms with van der Waals surface area (Å²) in [6.45, 7) is 5.31. The SMILES string of the molecule is Cc1ccc2c(c1)[C@@H](C)Oc1cc(cnc1N)-c1c(c(C)nn1CC(F)F)Cc1cn(C)nc1-2. The van der Waals surface area contributed by atoms with Crippen LogP contribution < -0.4 is 10.5 Å². The summed E-state index contributed by atoms with van der Waals surface area (Å²) < 4.78 is 36.3. The molecule has 4 aromatic rings. The molecule has 0 fully saturated rings. The van der Waals surface area contributed by atoms with Crippen LogP contribution in [0.3, 0.4) is 0 Å². The largest absolute Gasteiger partial charge is 0.482 e. The van der Waals surface area contributed by atoms with E-state index in [2.05, 4.69) is 16.1 Å². The zero-order chi connectivity index (χ0) is 24.1. The van der Waals surface area contributed by atoms with E-state index in [1.165, 1.54) is 4.68 Å². The third-order valence-corrected chi connectivity index (χ3v) is 6.19. The first-order chi connectivity index (χ1) is 16.2. The van der Waals surface area contributed by atoms with Gasteiger partial charge in [0.25, 0.3) is 6.43 Å². The summed E-state index contributed by atoms with van der Waals surface area (Å²) in [5.41, 5.74) is 13.7. The van der Waals surface area contributed by atoms with E-state index in [1.54, 1.807) is 16.9 Å². The number of nitrogens with zero attached hydrogens (tertiary/aromatic N) is 5. The lowest BCUT2D eigenvalue weighted by atomic mass is 9.93. The van der Waals surface area contributed by atoms with Gasteiger partial charge in [0.2, 0.25) is 0 Å². The van der Waals surface area contributed by atoms with Crippen LogP contribution in [0.15, 0.2) is 36.7 Å². The number of hydrogen-bond acceptors (Lipinski definition) is 5. The maximum Gasteiger partial charge on any atom is 0.257 e. The Morgan fingerprint density at radius 3 is 2.76 bits per heavy atom. The number of rotatable bonds is 2. The van der Waals surface area contributed by atoms with Crippen LogP contribution >= 0.6 is 0 Å². The molecule has 3 aromatic heterocycles. The first kappa shape index (κ1) is 22.1. The summed E-state index contributed by atoms with van der Waals surface area (Å²) >= 11 is 0. The van der Waals surface area contributed by atoms with Gasteiger partial charge in [-0.1, -0.05) is 23.8 Å². The Morgan fingerprint density at radius 2 is 2.00 bits per heavy atom. The van der Waals surface area contributed by atoms with Gasteiger partial charge in [-0.2, -0.15) is 10.2 Å². The topological polar surface area (TPSA) is 83.8 Å². The van der Waals surface area contributed by atoms with Crippen molar-refractivity contribution in [2.75, 3.05) is 5.73 Å². The van der Waals surface area contributed by atoms with Gasteiger partial charge in [0.15, 0.2) is 11.6 Å². The van der Waals surface area contributed by atoms with Crippen LogP contribution in [0.1, 0.15) is 41.0 Å². The molecule has 7 nitrogen and oxygen atoms in total. The van der Waals surface area contributed by atoms with Gasteiger partial charge >= 0.3 is 0 Å². The quantitative estimate of drug-likeness (QED) is 0.458. The number of nitrogens with two attached hydrogens (primary N) is 1. The van der Waals surface area contributed by atoms with E-state index in [1.807, 2.05) is 46.1 Å². The fraction of sp³-hybridized carbons (Fsp3) is 0.320. The molecule has 9 heteroatoms. The van der Waals surface area contributed by atoms with Crippen molar-refractivity contribution in [1.29, 1.82) is 0 Å². The van der Waals surface area contributed by atoms with Crippen molar-refractivity contribution in [3.63, 3.8) is 0 Å². The third kappa shape index (κ3) is 3.81. The van der Waals surface area contributed by atoms with Crippen LogP contribution in [0.5, 0.6) is 5.75 Å². The Balaban J connectivity index is 1.81. The molecule has 1 aromatic carbocycles. The van der Waals surface area contributed by atoms with Crippen molar-refractivity contribution in [2.45, 2.75) is 46.3 Å². The predicted octanol–water partition coefficient (Wildman–Crippen LogP) is 4.85. The summed E-state index contributed by atoms with van der Waals surface area (Å²) in [6, 6.07) is 7.95. The number of hydrogen-bond donors (Lipinski definition) is 1. The minimum absolute atomic E-state index is 0.235. The standard InChI is InChI=1S/C25H26F2N6O/c1-13-5-6-18-20(7-13)15(3)34-21-9-16(10-29-25(21)28)24-19(8-17-11-32(4)31-23(17)18)14(2)30-33(24)12-22(26)27/h5-7,9-11,15,22H,8,12H2,1-4H3,(H2,28,29)/t15-/m1/s1. The molecule has 2 N–H and O–H groups in total. The predicted molar refractivity (Wildman–Crippen MR) is 126 cm³/mol. The lowest BCUT2D eigenvalue weighted by Crippen LogP contribution is -2.12. The summed E-state index contributed by atoms with van der Waals surface area (Å²) in [5.74, 6) is 0.631. The molecule has 4 heterocycles. The first-order valence-electron chi connectivity index (χ1n) is 11.1. The maximum absolute atomic E-state index is 13.4. The van der Waals surface area contributed by atoms with Crippen molar-refractivity contribution < 1.29 is 13.5 Å². The van der Waals surface area contributed by atoms with Gasteiger partial charge in [0, 0.05) is 53.7 Å². The number of ether oxygens (including phenoxy) is 1. The van der Waals surface area contributed by atoms with Gasteiger partial charge in [-0.3, -0.25) is 9.36 Å². The van der Waals surface area contributed by atoms with Crippen molar-refractivity contribution in [1.82, 2.24) is 24.5 Å². The molecule has 176 valence electrons. The average molecular weight is 465 g/mol. The molecule has 0 saturated carbocycles. The molecule has 1 aliphatic heterocycles. The van der Waals surface area contributed by atoms with Gasteiger partial charge < -0.3 is 10.5 Å².